The highest BCUT2D eigenvalue weighted by Crippen LogP contribution is 2.27. The molecule has 2 amide bonds. The third-order valence-corrected chi connectivity index (χ3v) is 4.70. The number of aryl methyl sites for hydroxylation is 1. The Labute approximate surface area is 165 Å². The van der Waals surface area contributed by atoms with E-state index in [0.29, 0.717) is 5.56 Å². The Morgan fingerprint density at radius 1 is 1.07 bits per heavy atom. The third-order valence-electron chi connectivity index (χ3n) is 4.70. The number of hydrogen-bond acceptors (Lipinski definition) is 3. The van der Waals surface area contributed by atoms with Crippen LogP contribution >= 0.6 is 0 Å². The topological polar surface area (TPSA) is 71.1 Å². The Balaban J connectivity index is 2.07. The first-order valence-corrected chi connectivity index (χ1v) is 9.47. The fourth-order valence-electron chi connectivity index (χ4n) is 3.01. The van der Waals surface area contributed by atoms with E-state index in [9.17, 15) is 9.59 Å². The van der Waals surface area contributed by atoms with Crippen LogP contribution in [0.25, 0.3) is 22.2 Å². The molecule has 1 heterocycles. The van der Waals surface area contributed by atoms with E-state index >= 15 is 0 Å². The zero-order valence-corrected chi connectivity index (χ0v) is 16.7. The predicted molar refractivity (Wildman–Crippen MR) is 113 cm³/mol. The molecule has 0 radical (unpaired) electrons. The van der Waals surface area contributed by atoms with Crippen molar-refractivity contribution >= 4 is 28.4 Å². The van der Waals surface area contributed by atoms with Crippen LogP contribution in [0, 0.1) is 6.92 Å². The average molecular weight is 375 g/mol. The molecular formula is C23H25N3O2. The van der Waals surface area contributed by atoms with E-state index in [1.807, 2.05) is 69.3 Å². The van der Waals surface area contributed by atoms with Gasteiger partial charge in [0.05, 0.1) is 16.8 Å². The monoisotopic (exact) mass is 375 g/mol. The minimum absolute atomic E-state index is 0.0940. The maximum atomic E-state index is 12.9. The van der Waals surface area contributed by atoms with Gasteiger partial charge in [0.25, 0.3) is 5.91 Å². The Morgan fingerprint density at radius 2 is 1.79 bits per heavy atom. The van der Waals surface area contributed by atoms with E-state index in [1.165, 1.54) is 6.92 Å². The number of fused-ring (bicyclic) bond motifs is 1. The molecule has 3 rings (SSSR count). The van der Waals surface area contributed by atoms with Crippen molar-refractivity contribution < 1.29 is 9.59 Å². The molecule has 0 saturated carbocycles. The number of pyridine rings is 1. The minimum atomic E-state index is -0.115. The molecule has 0 bridgehead atoms. The second kappa shape index (κ2) is 8.21. The Kier molecular flexibility index (Phi) is 5.73. The fraction of sp³-hybridized carbons (Fsp3) is 0.261. The number of anilines is 1. The third kappa shape index (κ3) is 4.36. The highest BCUT2D eigenvalue weighted by Gasteiger charge is 2.15. The first-order chi connectivity index (χ1) is 13.4. The minimum Gasteiger partial charge on any atom is -0.350 e. The first kappa shape index (κ1) is 19.5. The van der Waals surface area contributed by atoms with E-state index in [0.717, 1.165) is 39.8 Å². The van der Waals surface area contributed by atoms with Crippen LogP contribution < -0.4 is 10.6 Å². The molecule has 3 aromatic rings. The standard InChI is InChI=1S/C23H25N3O2/c1-5-15(3)24-23(28)20-13-22(26-21-11-6-14(2)12-19(20)21)17-7-9-18(10-8-17)25-16(4)27/h6-13,15H,5H2,1-4H3,(H,24,28)(H,25,27). The van der Waals surface area contributed by atoms with Gasteiger partial charge in [-0.2, -0.15) is 0 Å². The molecule has 0 aliphatic carbocycles. The van der Waals surface area contributed by atoms with Gasteiger partial charge in [0.15, 0.2) is 0 Å². The molecule has 1 unspecified atom stereocenters. The van der Waals surface area contributed by atoms with Crippen molar-refractivity contribution in [3.05, 3.63) is 59.7 Å². The molecule has 28 heavy (non-hydrogen) atoms. The Bertz CT molecular complexity index is 1030. The largest absolute Gasteiger partial charge is 0.350 e. The second-order valence-corrected chi connectivity index (χ2v) is 7.12. The van der Waals surface area contributed by atoms with Gasteiger partial charge in [0, 0.05) is 29.6 Å². The Morgan fingerprint density at radius 3 is 2.43 bits per heavy atom. The molecule has 5 nitrogen and oxygen atoms in total. The van der Waals surface area contributed by atoms with Crippen LogP contribution in [0.5, 0.6) is 0 Å². The van der Waals surface area contributed by atoms with Crippen LogP contribution in [0.2, 0.25) is 0 Å². The molecule has 2 N–H and O–H groups in total. The van der Waals surface area contributed by atoms with Gasteiger partial charge in [-0.05, 0) is 50.6 Å². The summed E-state index contributed by atoms with van der Waals surface area (Å²) in [5.41, 5.74) is 4.81. The van der Waals surface area contributed by atoms with Crippen LogP contribution in [0.4, 0.5) is 5.69 Å². The van der Waals surface area contributed by atoms with Gasteiger partial charge in [0.2, 0.25) is 5.91 Å². The highest BCUT2D eigenvalue weighted by molar-refractivity contribution is 6.07. The lowest BCUT2D eigenvalue weighted by Crippen LogP contribution is -2.32. The summed E-state index contributed by atoms with van der Waals surface area (Å²) in [5.74, 6) is -0.209. The predicted octanol–water partition coefficient (Wildman–Crippen LogP) is 4.70. The van der Waals surface area contributed by atoms with Gasteiger partial charge in [-0.15, -0.1) is 0 Å². The maximum absolute atomic E-state index is 12.9. The highest BCUT2D eigenvalue weighted by atomic mass is 16.2. The summed E-state index contributed by atoms with van der Waals surface area (Å²) in [6, 6.07) is 15.3. The zero-order valence-electron chi connectivity index (χ0n) is 16.7. The van der Waals surface area contributed by atoms with Crippen LogP contribution in [0.1, 0.15) is 43.1 Å². The van der Waals surface area contributed by atoms with Crippen molar-refractivity contribution in [3.8, 4) is 11.3 Å². The van der Waals surface area contributed by atoms with Gasteiger partial charge in [-0.1, -0.05) is 30.7 Å². The second-order valence-electron chi connectivity index (χ2n) is 7.12. The number of nitrogens with zero attached hydrogens (tertiary/aromatic N) is 1. The first-order valence-electron chi connectivity index (χ1n) is 9.47. The molecule has 0 saturated heterocycles. The lowest BCUT2D eigenvalue weighted by atomic mass is 10.0. The number of aromatic nitrogens is 1. The lowest BCUT2D eigenvalue weighted by Gasteiger charge is -2.14. The SMILES string of the molecule is CCC(C)NC(=O)c1cc(-c2ccc(NC(C)=O)cc2)nc2ccc(C)cc12. The number of rotatable bonds is 5. The van der Waals surface area contributed by atoms with Crippen molar-refractivity contribution in [2.75, 3.05) is 5.32 Å². The molecule has 0 aliphatic rings. The van der Waals surface area contributed by atoms with Crippen molar-refractivity contribution in [2.45, 2.75) is 40.2 Å². The van der Waals surface area contributed by atoms with Gasteiger partial charge in [0.1, 0.15) is 0 Å². The number of carbonyl (C=O) groups is 2. The molecule has 0 fully saturated rings. The van der Waals surface area contributed by atoms with E-state index < -0.39 is 0 Å². The number of amides is 2. The molecule has 144 valence electrons. The summed E-state index contributed by atoms with van der Waals surface area (Å²) in [7, 11) is 0. The molecule has 1 atom stereocenters. The van der Waals surface area contributed by atoms with Crippen molar-refractivity contribution in [1.82, 2.24) is 10.3 Å². The average Bonchev–Trinajstić information content (AvgIpc) is 2.67. The molecule has 2 aromatic carbocycles. The summed E-state index contributed by atoms with van der Waals surface area (Å²) >= 11 is 0. The molecule has 1 aromatic heterocycles. The smallest absolute Gasteiger partial charge is 0.252 e. The molecule has 5 heteroatoms. The summed E-state index contributed by atoms with van der Waals surface area (Å²) in [6.07, 6.45) is 0.866. The molecule has 0 spiro atoms. The van der Waals surface area contributed by atoms with Gasteiger partial charge in [-0.25, -0.2) is 4.98 Å². The number of nitrogens with one attached hydrogen (secondary N) is 2. The lowest BCUT2D eigenvalue weighted by molar-refractivity contribution is -0.114. The summed E-state index contributed by atoms with van der Waals surface area (Å²) in [6.45, 7) is 7.52. The molecular weight excluding hydrogens is 350 g/mol. The van der Waals surface area contributed by atoms with Crippen LogP contribution in [0.3, 0.4) is 0 Å². The summed E-state index contributed by atoms with van der Waals surface area (Å²) in [4.78, 5) is 28.9. The summed E-state index contributed by atoms with van der Waals surface area (Å²) < 4.78 is 0. The molecule has 0 aliphatic heterocycles. The zero-order chi connectivity index (χ0) is 20.3. The van der Waals surface area contributed by atoms with E-state index in [1.54, 1.807) is 0 Å². The normalized spacial score (nSPS) is 11.9. The fourth-order valence-corrected chi connectivity index (χ4v) is 3.01. The van der Waals surface area contributed by atoms with Gasteiger partial charge >= 0.3 is 0 Å². The van der Waals surface area contributed by atoms with Crippen molar-refractivity contribution in [2.24, 2.45) is 0 Å². The van der Waals surface area contributed by atoms with E-state index in [4.69, 9.17) is 4.98 Å². The van der Waals surface area contributed by atoms with Crippen LogP contribution in [-0.2, 0) is 4.79 Å². The van der Waals surface area contributed by atoms with Crippen LogP contribution in [-0.4, -0.2) is 22.8 Å². The van der Waals surface area contributed by atoms with E-state index in [-0.39, 0.29) is 17.9 Å². The maximum Gasteiger partial charge on any atom is 0.252 e. The number of hydrogen-bond donors (Lipinski definition) is 2. The van der Waals surface area contributed by atoms with Gasteiger partial charge < -0.3 is 10.6 Å². The Hall–Kier alpha value is -3.21. The van der Waals surface area contributed by atoms with E-state index in [2.05, 4.69) is 10.6 Å². The summed E-state index contributed by atoms with van der Waals surface area (Å²) in [5, 5.41) is 6.65. The van der Waals surface area contributed by atoms with Crippen molar-refractivity contribution in [1.29, 1.82) is 0 Å². The van der Waals surface area contributed by atoms with Crippen molar-refractivity contribution in [3.63, 3.8) is 0 Å². The number of benzene rings is 2. The number of carbonyl (C=O) groups excluding carboxylic acids is 2. The van der Waals surface area contributed by atoms with Gasteiger partial charge in [-0.3, -0.25) is 9.59 Å². The van der Waals surface area contributed by atoms with Crippen LogP contribution in [0.15, 0.2) is 48.5 Å². The quantitative estimate of drug-likeness (QED) is 0.679.